The van der Waals surface area contributed by atoms with Crippen LogP contribution in [0, 0.1) is 17.0 Å². The Morgan fingerprint density at radius 2 is 1.96 bits per heavy atom. The standard InChI is InChI=1S/C18H19F2N3O2S.ClH/c19-13-3-1-2-12(14(13)20)15-16(21-11-26-15)22-17(24)25-10-18-4-7-23(8-5-18)9-6-18;/h1-3,11H,4-10H2,(H,22,24);1H. The summed E-state index contributed by atoms with van der Waals surface area (Å²) in [5, 5.41) is 2.57. The number of rotatable bonds is 4. The molecule has 1 aromatic heterocycles. The molecular formula is C18H20ClF2N3O2S. The third kappa shape index (κ3) is 4.07. The Bertz CT molecular complexity index is 811. The van der Waals surface area contributed by atoms with Gasteiger partial charge in [-0.1, -0.05) is 12.1 Å². The van der Waals surface area contributed by atoms with Gasteiger partial charge in [0.15, 0.2) is 17.5 Å². The van der Waals surface area contributed by atoms with Crippen molar-refractivity contribution in [2.45, 2.75) is 19.3 Å². The maximum Gasteiger partial charge on any atom is 0.412 e. The van der Waals surface area contributed by atoms with Gasteiger partial charge in [0.1, 0.15) is 0 Å². The van der Waals surface area contributed by atoms with Crippen molar-refractivity contribution in [2.24, 2.45) is 5.41 Å². The lowest BCUT2D eigenvalue weighted by atomic mass is 9.73. The van der Waals surface area contributed by atoms with Crippen molar-refractivity contribution < 1.29 is 18.3 Å². The molecule has 1 aromatic carbocycles. The number of nitrogens with zero attached hydrogens (tertiary/aromatic N) is 2. The zero-order valence-corrected chi connectivity index (χ0v) is 16.2. The summed E-state index contributed by atoms with van der Waals surface area (Å²) >= 11 is 1.13. The molecule has 9 heteroatoms. The first kappa shape index (κ1) is 20.0. The normalized spacial score (nSPS) is 23.6. The third-order valence-electron chi connectivity index (χ3n) is 5.37. The second kappa shape index (κ2) is 8.08. The van der Waals surface area contributed by atoms with E-state index in [9.17, 15) is 13.6 Å². The maximum atomic E-state index is 14.0. The molecule has 0 radical (unpaired) electrons. The van der Waals surface area contributed by atoms with E-state index in [-0.39, 0.29) is 29.2 Å². The van der Waals surface area contributed by atoms with Crippen molar-refractivity contribution in [3.05, 3.63) is 35.3 Å². The van der Waals surface area contributed by atoms with E-state index in [1.807, 2.05) is 0 Å². The molecule has 0 spiro atoms. The molecule has 3 saturated heterocycles. The fourth-order valence-corrected chi connectivity index (χ4v) is 4.43. The lowest BCUT2D eigenvalue weighted by Crippen LogP contribution is -2.50. The summed E-state index contributed by atoms with van der Waals surface area (Å²) in [5.41, 5.74) is 1.62. The van der Waals surface area contributed by atoms with Crippen LogP contribution < -0.4 is 5.32 Å². The van der Waals surface area contributed by atoms with Crippen molar-refractivity contribution in [1.82, 2.24) is 9.88 Å². The number of aromatic nitrogens is 1. The monoisotopic (exact) mass is 415 g/mol. The third-order valence-corrected chi connectivity index (χ3v) is 6.23. The molecule has 3 fully saturated rings. The van der Waals surface area contributed by atoms with Crippen LogP contribution in [0.3, 0.4) is 0 Å². The Kier molecular flexibility index (Phi) is 5.98. The number of fused-ring (bicyclic) bond motifs is 3. The Hall–Kier alpha value is -1.77. The van der Waals surface area contributed by atoms with Crippen molar-refractivity contribution >= 4 is 35.7 Å². The van der Waals surface area contributed by atoms with Gasteiger partial charge in [0, 0.05) is 11.0 Å². The van der Waals surface area contributed by atoms with Crippen LogP contribution >= 0.6 is 23.7 Å². The molecular weight excluding hydrogens is 396 g/mol. The van der Waals surface area contributed by atoms with E-state index in [1.54, 1.807) is 0 Å². The number of ether oxygens (including phenoxy) is 1. The highest BCUT2D eigenvalue weighted by atomic mass is 35.5. The Morgan fingerprint density at radius 3 is 2.67 bits per heavy atom. The van der Waals surface area contributed by atoms with Crippen LogP contribution in [0.1, 0.15) is 19.3 Å². The van der Waals surface area contributed by atoms with Gasteiger partial charge >= 0.3 is 6.09 Å². The van der Waals surface area contributed by atoms with Crippen LogP contribution in [-0.2, 0) is 4.74 Å². The number of anilines is 1. The van der Waals surface area contributed by atoms with Crippen LogP contribution in [-0.4, -0.2) is 42.2 Å². The molecule has 2 bridgehead atoms. The summed E-state index contributed by atoms with van der Waals surface area (Å²) in [4.78, 5) is 19.1. The van der Waals surface area contributed by atoms with Gasteiger partial charge in [-0.15, -0.1) is 23.7 Å². The number of nitrogens with one attached hydrogen (secondary N) is 1. The first-order valence-corrected chi connectivity index (χ1v) is 9.48. The molecule has 0 unspecified atom stereocenters. The molecule has 1 N–H and O–H groups in total. The quantitative estimate of drug-likeness (QED) is 0.796. The minimum atomic E-state index is -0.957. The topological polar surface area (TPSA) is 54.5 Å². The molecule has 27 heavy (non-hydrogen) atoms. The van der Waals surface area contributed by atoms with Gasteiger partial charge < -0.3 is 9.64 Å². The van der Waals surface area contributed by atoms with Crippen LogP contribution in [0.4, 0.5) is 19.4 Å². The summed E-state index contributed by atoms with van der Waals surface area (Å²) in [5.74, 6) is -1.71. The summed E-state index contributed by atoms with van der Waals surface area (Å²) < 4.78 is 32.9. The number of halogens is 3. The van der Waals surface area contributed by atoms with E-state index in [0.29, 0.717) is 11.5 Å². The number of carbonyl (C=O) groups is 1. The maximum absolute atomic E-state index is 14.0. The average molecular weight is 416 g/mol. The highest BCUT2D eigenvalue weighted by molar-refractivity contribution is 7.13. The van der Waals surface area contributed by atoms with Crippen LogP contribution in [0.5, 0.6) is 0 Å². The van der Waals surface area contributed by atoms with Crippen molar-refractivity contribution in [1.29, 1.82) is 0 Å². The first-order valence-electron chi connectivity index (χ1n) is 8.60. The van der Waals surface area contributed by atoms with Gasteiger partial charge in [0.25, 0.3) is 0 Å². The van der Waals surface area contributed by atoms with Gasteiger partial charge in [-0.2, -0.15) is 0 Å². The van der Waals surface area contributed by atoms with Gasteiger partial charge in [-0.05, 0) is 45.0 Å². The Labute approximate surface area is 166 Å². The van der Waals surface area contributed by atoms with E-state index in [2.05, 4.69) is 15.2 Å². The molecule has 0 aliphatic carbocycles. The lowest BCUT2D eigenvalue weighted by Gasteiger charge is -2.47. The van der Waals surface area contributed by atoms with Crippen molar-refractivity contribution in [3.8, 4) is 10.4 Å². The molecule has 3 aliphatic heterocycles. The van der Waals surface area contributed by atoms with Crippen LogP contribution in [0.25, 0.3) is 10.4 Å². The Balaban J connectivity index is 0.00000210. The first-order chi connectivity index (χ1) is 12.6. The van der Waals surface area contributed by atoms with Crippen LogP contribution in [0.15, 0.2) is 23.7 Å². The molecule has 3 aliphatic rings. The number of hydrogen-bond donors (Lipinski definition) is 1. The zero-order chi connectivity index (χ0) is 18.1. The largest absolute Gasteiger partial charge is 0.449 e. The summed E-state index contributed by atoms with van der Waals surface area (Å²) in [6, 6.07) is 3.93. The number of carbonyl (C=O) groups excluding carboxylic acids is 1. The molecule has 146 valence electrons. The number of hydrogen-bond acceptors (Lipinski definition) is 5. The molecule has 2 aromatic rings. The lowest BCUT2D eigenvalue weighted by molar-refractivity contribution is -0.0190. The van der Waals surface area contributed by atoms with E-state index in [4.69, 9.17) is 4.74 Å². The fourth-order valence-electron chi connectivity index (χ4n) is 3.67. The highest BCUT2D eigenvalue weighted by Crippen LogP contribution is 2.40. The number of thiazole rings is 1. The summed E-state index contributed by atoms with van der Waals surface area (Å²) in [6.07, 6.45) is 2.50. The summed E-state index contributed by atoms with van der Waals surface area (Å²) in [6.45, 7) is 3.54. The van der Waals surface area contributed by atoms with E-state index in [1.165, 1.54) is 17.6 Å². The van der Waals surface area contributed by atoms with E-state index >= 15 is 0 Å². The van der Waals surface area contributed by atoms with Gasteiger partial charge in [0.2, 0.25) is 0 Å². The second-order valence-electron chi connectivity index (χ2n) is 6.92. The van der Waals surface area contributed by atoms with Crippen molar-refractivity contribution in [3.63, 3.8) is 0 Å². The molecule has 0 saturated carbocycles. The predicted molar refractivity (Wildman–Crippen MR) is 102 cm³/mol. The Morgan fingerprint density at radius 1 is 1.26 bits per heavy atom. The van der Waals surface area contributed by atoms with E-state index < -0.39 is 17.7 Å². The minimum absolute atomic E-state index is 0. The molecule has 1 amide bonds. The van der Waals surface area contributed by atoms with Gasteiger partial charge in [0.05, 0.1) is 17.0 Å². The predicted octanol–water partition coefficient (Wildman–Crippen LogP) is 4.54. The van der Waals surface area contributed by atoms with Crippen molar-refractivity contribution in [2.75, 3.05) is 31.6 Å². The SMILES string of the molecule is Cl.O=C(Nc1ncsc1-c1cccc(F)c1F)OCC12CCN(CC1)CC2. The van der Waals surface area contributed by atoms with Crippen LogP contribution in [0.2, 0.25) is 0 Å². The fraction of sp³-hybridized carbons (Fsp3) is 0.444. The molecule has 5 nitrogen and oxygen atoms in total. The minimum Gasteiger partial charge on any atom is -0.449 e. The summed E-state index contributed by atoms with van der Waals surface area (Å²) in [7, 11) is 0. The molecule has 4 heterocycles. The molecule has 5 rings (SSSR count). The molecule has 0 atom stereocenters. The number of amides is 1. The van der Waals surface area contributed by atoms with Gasteiger partial charge in [-0.3, -0.25) is 5.32 Å². The smallest absolute Gasteiger partial charge is 0.412 e. The second-order valence-corrected chi connectivity index (χ2v) is 7.78. The zero-order valence-electron chi connectivity index (χ0n) is 14.5. The average Bonchev–Trinajstić information content (AvgIpc) is 3.12. The van der Waals surface area contributed by atoms with E-state index in [0.717, 1.165) is 56.3 Å². The van der Waals surface area contributed by atoms with Gasteiger partial charge in [-0.25, -0.2) is 18.6 Å². The highest BCUT2D eigenvalue weighted by Gasteiger charge is 2.40. The number of benzene rings is 1. The number of piperidine rings is 3.